The molecule has 1 unspecified atom stereocenters. The maximum atomic E-state index is 5.61. The van der Waals surface area contributed by atoms with Crippen molar-refractivity contribution in [3.8, 4) is 0 Å². The van der Waals surface area contributed by atoms with Crippen LogP contribution in [0.3, 0.4) is 0 Å². The first kappa shape index (κ1) is 10.6. The number of pyridine rings is 1. The van der Waals surface area contributed by atoms with Crippen LogP contribution in [0.4, 0.5) is 0 Å². The van der Waals surface area contributed by atoms with Gasteiger partial charge in [-0.3, -0.25) is 4.98 Å². The van der Waals surface area contributed by atoms with Crippen LogP contribution in [0.15, 0.2) is 24.4 Å². The van der Waals surface area contributed by atoms with E-state index >= 15 is 0 Å². The molecule has 1 aromatic rings. The summed E-state index contributed by atoms with van der Waals surface area (Å²) in [5.74, 6) is 0.665. The summed E-state index contributed by atoms with van der Waals surface area (Å²) in [7, 11) is 1.80. The van der Waals surface area contributed by atoms with Crippen LogP contribution in [-0.2, 0) is 4.74 Å². The third kappa shape index (κ3) is 2.57. The van der Waals surface area contributed by atoms with Crippen LogP contribution in [-0.4, -0.2) is 12.1 Å². The van der Waals surface area contributed by atoms with Gasteiger partial charge in [0.1, 0.15) is 6.10 Å². The lowest BCUT2D eigenvalue weighted by Crippen LogP contribution is -2.18. The molecule has 1 atom stereocenters. The molecule has 1 saturated carbocycles. The van der Waals surface area contributed by atoms with Crippen LogP contribution in [0.25, 0.3) is 0 Å². The predicted molar refractivity (Wildman–Crippen MR) is 60.6 cm³/mol. The maximum Gasteiger partial charge on any atom is 0.102 e. The van der Waals surface area contributed by atoms with Crippen molar-refractivity contribution in [1.29, 1.82) is 0 Å². The quantitative estimate of drug-likeness (QED) is 0.755. The molecule has 82 valence electrons. The first-order valence-electron chi connectivity index (χ1n) is 5.85. The second kappa shape index (κ2) is 5.26. The summed E-state index contributed by atoms with van der Waals surface area (Å²) in [6, 6.07) is 6.07. The monoisotopic (exact) mass is 205 g/mol. The summed E-state index contributed by atoms with van der Waals surface area (Å²) in [6.07, 6.45) is 8.70. The van der Waals surface area contributed by atoms with Crippen molar-refractivity contribution in [1.82, 2.24) is 4.98 Å². The van der Waals surface area contributed by atoms with Crippen LogP contribution in [0.2, 0.25) is 0 Å². The van der Waals surface area contributed by atoms with E-state index in [2.05, 4.69) is 11.1 Å². The molecule has 0 amide bonds. The Labute approximate surface area is 91.7 Å². The van der Waals surface area contributed by atoms with Gasteiger partial charge in [0.2, 0.25) is 0 Å². The molecule has 0 N–H and O–H groups in total. The summed E-state index contributed by atoms with van der Waals surface area (Å²) in [5.41, 5.74) is 1.09. The van der Waals surface area contributed by atoms with E-state index < -0.39 is 0 Å². The van der Waals surface area contributed by atoms with Crippen LogP contribution >= 0.6 is 0 Å². The minimum atomic E-state index is 0.200. The zero-order chi connectivity index (χ0) is 10.5. The van der Waals surface area contributed by atoms with Gasteiger partial charge >= 0.3 is 0 Å². The van der Waals surface area contributed by atoms with Crippen LogP contribution in [0, 0.1) is 5.92 Å². The van der Waals surface area contributed by atoms with Gasteiger partial charge in [0, 0.05) is 13.3 Å². The van der Waals surface area contributed by atoms with Crippen LogP contribution < -0.4 is 0 Å². The van der Waals surface area contributed by atoms with Crippen LogP contribution in [0.5, 0.6) is 0 Å². The Hall–Kier alpha value is -0.890. The Morgan fingerprint density at radius 3 is 2.67 bits per heavy atom. The van der Waals surface area contributed by atoms with Gasteiger partial charge in [0.15, 0.2) is 0 Å². The van der Waals surface area contributed by atoms with Gasteiger partial charge < -0.3 is 4.74 Å². The summed E-state index contributed by atoms with van der Waals surface area (Å²) < 4.78 is 5.61. The lowest BCUT2D eigenvalue weighted by Gasteiger charge is -2.28. The normalized spacial score (nSPS) is 20.1. The van der Waals surface area contributed by atoms with Crippen molar-refractivity contribution >= 4 is 0 Å². The predicted octanol–water partition coefficient (Wildman–Crippen LogP) is 3.35. The first-order chi connectivity index (χ1) is 7.42. The Bertz CT molecular complexity index is 280. The molecule has 2 rings (SSSR count). The fraction of sp³-hybridized carbons (Fsp3) is 0.615. The van der Waals surface area contributed by atoms with Gasteiger partial charge in [0.25, 0.3) is 0 Å². The fourth-order valence-corrected chi connectivity index (χ4v) is 2.54. The zero-order valence-corrected chi connectivity index (χ0v) is 9.36. The highest BCUT2D eigenvalue weighted by atomic mass is 16.5. The first-order valence-corrected chi connectivity index (χ1v) is 5.85. The SMILES string of the molecule is COC(c1ccccn1)C1CCCCC1. The molecule has 2 nitrogen and oxygen atoms in total. The number of nitrogens with zero attached hydrogens (tertiary/aromatic N) is 1. The maximum absolute atomic E-state index is 5.61. The number of methoxy groups -OCH3 is 1. The van der Waals surface area contributed by atoms with Gasteiger partial charge in [-0.15, -0.1) is 0 Å². The van der Waals surface area contributed by atoms with Gasteiger partial charge in [-0.25, -0.2) is 0 Å². The molecule has 2 heteroatoms. The molecule has 0 spiro atoms. The van der Waals surface area contributed by atoms with Crippen molar-refractivity contribution in [3.05, 3.63) is 30.1 Å². The van der Waals surface area contributed by atoms with Gasteiger partial charge in [-0.2, -0.15) is 0 Å². The molecular formula is C13H19NO. The average Bonchev–Trinajstić information content (AvgIpc) is 2.33. The average molecular weight is 205 g/mol. The van der Waals surface area contributed by atoms with Crippen molar-refractivity contribution < 1.29 is 4.74 Å². The largest absolute Gasteiger partial charge is 0.375 e. The van der Waals surface area contributed by atoms with Gasteiger partial charge in [-0.05, 0) is 30.9 Å². The van der Waals surface area contributed by atoms with E-state index in [9.17, 15) is 0 Å². The molecule has 1 aromatic heterocycles. The minimum Gasteiger partial charge on any atom is -0.375 e. The Morgan fingerprint density at radius 1 is 1.27 bits per heavy atom. The van der Waals surface area contributed by atoms with E-state index in [-0.39, 0.29) is 6.10 Å². The summed E-state index contributed by atoms with van der Waals surface area (Å²) in [4.78, 5) is 4.40. The zero-order valence-electron chi connectivity index (χ0n) is 9.36. The molecule has 1 aliphatic rings. The molecule has 0 bridgehead atoms. The van der Waals surface area contributed by atoms with Crippen molar-refractivity contribution in [2.24, 2.45) is 5.92 Å². The van der Waals surface area contributed by atoms with Crippen molar-refractivity contribution in [2.75, 3.05) is 7.11 Å². The fourth-order valence-electron chi connectivity index (χ4n) is 2.54. The van der Waals surface area contributed by atoms with Crippen molar-refractivity contribution in [2.45, 2.75) is 38.2 Å². The smallest absolute Gasteiger partial charge is 0.102 e. The Kier molecular flexibility index (Phi) is 3.73. The highest BCUT2D eigenvalue weighted by Crippen LogP contribution is 2.35. The highest BCUT2D eigenvalue weighted by Gasteiger charge is 2.25. The molecule has 0 aromatic carbocycles. The van der Waals surface area contributed by atoms with Gasteiger partial charge in [-0.1, -0.05) is 25.3 Å². The standard InChI is InChI=1S/C13H19NO/c1-15-13(11-7-3-2-4-8-11)12-9-5-6-10-14-12/h5-6,9-11,13H,2-4,7-8H2,1H3. The second-order valence-corrected chi connectivity index (χ2v) is 4.31. The lowest BCUT2D eigenvalue weighted by molar-refractivity contribution is 0.0323. The molecule has 1 aliphatic carbocycles. The van der Waals surface area contributed by atoms with E-state index in [0.717, 1.165) is 5.69 Å². The second-order valence-electron chi connectivity index (χ2n) is 4.31. The summed E-state index contributed by atoms with van der Waals surface area (Å²) in [6.45, 7) is 0. The number of hydrogen-bond donors (Lipinski definition) is 0. The Balaban J connectivity index is 2.09. The van der Waals surface area contributed by atoms with Crippen LogP contribution in [0.1, 0.15) is 43.9 Å². The molecule has 1 heterocycles. The van der Waals surface area contributed by atoms with Gasteiger partial charge in [0.05, 0.1) is 5.69 Å². The van der Waals surface area contributed by atoms with Crippen molar-refractivity contribution in [3.63, 3.8) is 0 Å². The van der Waals surface area contributed by atoms with E-state index in [1.807, 2.05) is 18.3 Å². The highest BCUT2D eigenvalue weighted by molar-refractivity contribution is 5.08. The van der Waals surface area contributed by atoms with E-state index in [0.29, 0.717) is 5.92 Å². The third-order valence-corrected chi connectivity index (χ3v) is 3.31. The van der Waals surface area contributed by atoms with E-state index in [1.54, 1.807) is 7.11 Å². The molecule has 0 saturated heterocycles. The summed E-state index contributed by atoms with van der Waals surface area (Å²) >= 11 is 0. The van der Waals surface area contributed by atoms with E-state index in [1.165, 1.54) is 32.1 Å². The molecule has 1 fully saturated rings. The Morgan fingerprint density at radius 2 is 2.07 bits per heavy atom. The number of hydrogen-bond acceptors (Lipinski definition) is 2. The molecular weight excluding hydrogens is 186 g/mol. The van der Waals surface area contributed by atoms with E-state index in [4.69, 9.17) is 4.74 Å². The third-order valence-electron chi connectivity index (χ3n) is 3.31. The summed E-state index contributed by atoms with van der Waals surface area (Å²) in [5, 5.41) is 0. The minimum absolute atomic E-state index is 0.200. The number of aromatic nitrogens is 1. The lowest BCUT2D eigenvalue weighted by atomic mass is 9.84. The molecule has 15 heavy (non-hydrogen) atoms. The topological polar surface area (TPSA) is 22.1 Å². The molecule has 0 radical (unpaired) electrons. The number of rotatable bonds is 3. The number of ether oxygens (including phenoxy) is 1. The molecule has 0 aliphatic heterocycles.